The van der Waals surface area contributed by atoms with E-state index in [1.807, 2.05) is 7.05 Å². The zero-order valence-corrected chi connectivity index (χ0v) is 10.3. The Morgan fingerprint density at radius 2 is 2.20 bits per heavy atom. The van der Waals surface area contributed by atoms with Crippen LogP contribution in [-0.2, 0) is 5.88 Å². The molecule has 3 nitrogen and oxygen atoms in total. The van der Waals surface area contributed by atoms with Crippen LogP contribution in [0.1, 0.15) is 32.4 Å². The predicted molar refractivity (Wildman–Crippen MR) is 64.4 cm³/mol. The third-order valence-corrected chi connectivity index (χ3v) is 2.81. The molecule has 0 aliphatic carbocycles. The Hall–Kier alpha value is -0.830. The number of hydrogen-bond acceptors (Lipinski definition) is 3. The lowest BCUT2D eigenvalue weighted by molar-refractivity contribution is 0.609. The first-order chi connectivity index (χ1) is 7.19. The Balaban J connectivity index is 2.76. The van der Waals surface area contributed by atoms with Crippen molar-refractivity contribution >= 4 is 17.4 Å². The van der Waals surface area contributed by atoms with E-state index in [-0.39, 0.29) is 0 Å². The van der Waals surface area contributed by atoms with Gasteiger partial charge in [-0.15, -0.1) is 11.6 Å². The Morgan fingerprint density at radius 3 is 2.80 bits per heavy atom. The van der Waals surface area contributed by atoms with Gasteiger partial charge in [-0.2, -0.15) is 0 Å². The lowest BCUT2D eigenvalue weighted by Gasteiger charge is -2.25. The largest absolute Gasteiger partial charge is 0.356 e. The molecule has 0 aromatic carbocycles. The maximum absolute atomic E-state index is 5.72. The van der Waals surface area contributed by atoms with Gasteiger partial charge < -0.3 is 4.90 Å². The fraction of sp³-hybridized carbons (Fsp3) is 0.636. The quantitative estimate of drug-likeness (QED) is 0.725. The second kappa shape index (κ2) is 5.91. The normalized spacial score (nSPS) is 12.5. The summed E-state index contributed by atoms with van der Waals surface area (Å²) in [6.07, 6.45) is 5.81. The van der Waals surface area contributed by atoms with Gasteiger partial charge in [0.05, 0.1) is 17.8 Å². The number of aromatic nitrogens is 2. The van der Waals surface area contributed by atoms with Gasteiger partial charge in [0, 0.05) is 19.3 Å². The van der Waals surface area contributed by atoms with Crippen LogP contribution in [0.3, 0.4) is 0 Å². The van der Waals surface area contributed by atoms with Crippen LogP contribution in [0.4, 0.5) is 5.82 Å². The van der Waals surface area contributed by atoms with E-state index >= 15 is 0 Å². The summed E-state index contributed by atoms with van der Waals surface area (Å²) in [5.74, 6) is 1.31. The van der Waals surface area contributed by atoms with Crippen LogP contribution in [-0.4, -0.2) is 23.1 Å². The minimum atomic E-state index is 0.414. The lowest BCUT2D eigenvalue weighted by Crippen LogP contribution is -2.29. The van der Waals surface area contributed by atoms with Gasteiger partial charge >= 0.3 is 0 Å². The molecule has 84 valence electrons. The minimum Gasteiger partial charge on any atom is -0.356 e. The number of nitrogens with zero attached hydrogens (tertiary/aromatic N) is 3. The van der Waals surface area contributed by atoms with Gasteiger partial charge in [0.1, 0.15) is 5.82 Å². The zero-order chi connectivity index (χ0) is 11.3. The minimum absolute atomic E-state index is 0.414. The van der Waals surface area contributed by atoms with Gasteiger partial charge in [0.2, 0.25) is 0 Å². The highest BCUT2D eigenvalue weighted by Gasteiger charge is 2.10. The third-order valence-electron chi connectivity index (χ3n) is 2.54. The lowest BCUT2D eigenvalue weighted by atomic mass is 10.2. The van der Waals surface area contributed by atoms with Gasteiger partial charge in [0.15, 0.2) is 0 Å². The van der Waals surface area contributed by atoms with Crippen molar-refractivity contribution in [3.63, 3.8) is 0 Å². The van der Waals surface area contributed by atoms with Crippen molar-refractivity contribution in [2.45, 2.75) is 38.6 Å². The Labute approximate surface area is 96.5 Å². The summed E-state index contributed by atoms with van der Waals surface area (Å²) in [6.45, 7) is 4.38. The number of rotatable bonds is 5. The van der Waals surface area contributed by atoms with Gasteiger partial charge in [-0.1, -0.05) is 13.3 Å². The van der Waals surface area contributed by atoms with E-state index in [1.165, 1.54) is 6.42 Å². The fourth-order valence-corrected chi connectivity index (χ4v) is 1.60. The molecule has 1 heterocycles. The average Bonchev–Trinajstić information content (AvgIpc) is 2.28. The molecule has 4 heteroatoms. The molecule has 1 atom stereocenters. The molecular weight excluding hydrogens is 210 g/mol. The Bertz CT molecular complexity index is 304. The van der Waals surface area contributed by atoms with Crippen molar-refractivity contribution in [1.29, 1.82) is 0 Å². The maximum atomic E-state index is 5.72. The van der Waals surface area contributed by atoms with Crippen LogP contribution in [0, 0.1) is 0 Å². The molecule has 0 saturated carbocycles. The Kier molecular flexibility index (Phi) is 4.82. The summed E-state index contributed by atoms with van der Waals surface area (Å²) >= 11 is 5.72. The van der Waals surface area contributed by atoms with E-state index in [9.17, 15) is 0 Å². The molecule has 0 spiro atoms. The molecule has 0 aliphatic heterocycles. The summed E-state index contributed by atoms with van der Waals surface area (Å²) in [4.78, 5) is 10.7. The molecule has 1 aromatic heterocycles. The molecule has 1 unspecified atom stereocenters. The third kappa shape index (κ3) is 3.34. The van der Waals surface area contributed by atoms with Crippen LogP contribution >= 0.6 is 11.6 Å². The van der Waals surface area contributed by atoms with E-state index in [0.29, 0.717) is 11.9 Å². The molecule has 0 fully saturated rings. The van der Waals surface area contributed by atoms with E-state index < -0.39 is 0 Å². The van der Waals surface area contributed by atoms with Crippen molar-refractivity contribution in [2.24, 2.45) is 0 Å². The van der Waals surface area contributed by atoms with Crippen molar-refractivity contribution < 1.29 is 0 Å². The number of halogens is 1. The topological polar surface area (TPSA) is 29.0 Å². The van der Waals surface area contributed by atoms with Crippen molar-refractivity contribution in [3.8, 4) is 0 Å². The van der Waals surface area contributed by atoms with Crippen LogP contribution in [0.2, 0.25) is 0 Å². The zero-order valence-electron chi connectivity index (χ0n) is 9.57. The monoisotopic (exact) mass is 227 g/mol. The summed E-state index contributed by atoms with van der Waals surface area (Å²) in [5, 5.41) is 0. The van der Waals surface area contributed by atoms with Gasteiger partial charge in [0.25, 0.3) is 0 Å². The Morgan fingerprint density at radius 1 is 1.47 bits per heavy atom. The van der Waals surface area contributed by atoms with Crippen LogP contribution < -0.4 is 4.90 Å². The molecule has 0 saturated heterocycles. The summed E-state index contributed by atoms with van der Waals surface area (Å²) in [7, 11) is 2.04. The highest BCUT2D eigenvalue weighted by Crippen LogP contribution is 2.14. The van der Waals surface area contributed by atoms with Gasteiger partial charge in [-0.05, 0) is 13.3 Å². The number of anilines is 1. The maximum Gasteiger partial charge on any atom is 0.147 e. The molecule has 15 heavy (non-hydrogen) atoms. The molecule has 0 radical (unpaired) electrons. The van der Waals surface area contributed by atoms with Crippen molar-refractivity contribution in [2.75, 3.05) is 11.9 Å². The van der Waals surface area contributed by atoms with E-state index in [4.69, 9.17) is 11.6 Å². The first-order valence-electron chi connectivity index (χ1n) is 5.28. The number of hydrogen-bond donors (Lipinski definition) is 0. The first-order valence-corrected chi connectivity index (χ1v) is 5.82. The molecule has 0 N–H and O–H groups in total. The smallest absolute Gasteiger partial charge is 0.147 e. The second-order valence-corrected chi connectivity index (χ2v) is 4.02. The summed E-state index contributed by atoms with van der Waals surface area (Å²) in [6, 6.07) is 0.481. The molecule has 0 amide bonds. The molecule has 0 aliphatic rings. The van der Waals surface area contributed by atoms with Gasteiger partial charge in [-0.25, -0.2) is 4.98 Å². The molecular formula is C11H18ClN3. The first kappa shape index (κ1) is 12.2. The fourth-order valence-electron chi connectivity index (χ4n) is 1.47. The van der Waals surface area contributed by atoms with E-state index in [2.05, 4.69) is 28.7 Å². The second-order valence-electron chi connectivity index (χ2n) is 3.75. The van der Waals surface area contributed by atoms with Crippen LogP contribution in [0.25, 0.3) is 0 Å². The highest BCUT2D eigenvalue weighted by molar-refractivity contribution is 6.16. The predicted octanol–water partition coefficient (Wildman–Crippen LogP) is 2.84. The van der Waals surface area contributed by atoms with Crippen LogP contribution in [0.15, 0.2) is 12.4 Å². The highest BCUT2D eigenvalue weighted by atomic mass is 35.5. The molecule has 0 bridgehead atoms. The van der Waals surface area contributed by atoms with E-state index in [0.717, 1.165) is 17.9 Å². The van der Waals surface area contributed by atoms with Crippen molar-refractivity contribution in [1.82, 2.24) is 9.97 Å². The van der Waals surface area contributed by atoms with Crippen LogP contribution in [0.5, 0.6) is 0 Å². The number of alkyl halides is 1. The summed E-state index contributed by atoms with van der Waals surface area (Å²) < 4.78 is 0. The molecule has 1 rings (SSSR count). The van der Waals surface area contributed by atoms with Crippen molar-refractivity contribution in [3.05, 3.63) is 18.1 Å². The average molecular weight is 228 g/mol. The van der Waals surface area contributed by atoms with E-state index in [1.54, 1.807) is 12.4 Å². The standard InChI is InChI=1S/C11H18ClN3/c1-4-5-9(2)15(3)11-8-13-7-10(6-12)14-11/h7-9H,4-6H2,1-3H3. The van der Waals surface area contributed by atoms with Gasteiger partial charge in [-0.3, -0.25) is 4.98 Å². The molecule has 1 aromatic rings. The SMILES string of the molecule is CCCC(C)N(C)c1cncc(CCl)n1. The summed E-state index contributed by atoms with van der Waals surface area (Å²) in [5.41, 5.74) is 0.824.